The Bertz CT molecular complexity index is 926. The topological polar surface area (TPSA) is 98.2 Å². The molecule has 1 fully saturated rings. The standard InChI is InChI=1S/C19H23N7O2S/c1-26(2)12-13-9-22-17(11-21-13)25-19-23-10-16(29-19)15-3-6-20-18(24-15)28-14-4-7-27-8-5-14/h3,6,9-11,14H,4-5,7-8,12H2,1-2H3,(H,22,23,25). The van der Waals surface area contributed by atoms with E-state index in [0.717, 1.165) is 40.8 Å². The summed E-state index contributed by atoms with van der Waals surface area (Å²) in [6.45, 7) is 2.18. The summed E-state index contributed by atoms with van der Waals surface area (Å²) >= 11 is 1.49. The Hall–Kier alpha value is -2.69. The fraction of sp³-hybridized carbons (Fsp3) is 0.421. The molecule has 1 aliphatic heterocycles. The summed E-state index contributed by atoms with van der Waals surface area (Å²) in [6, 6.07) is 2.24. The lowest BCUT2D eigenvalue weighted by Crippen LogP contribution is -2.26. The Morgan fingerprint density at radius 2 is 2.00 bits per heavy atom. The first-order chi connectivity index (χ1) is 14.2. The molecular weight excluding hydrogens is 390 g/mol. The fourth-order valence-electron chi connectivity index (χ4n) is 2.86. The summed E-state index contributed by atoms with van der Waals surface area (Å²) in [6.07, 6.45) is 8.78. The fourth-order valence-corrected chi connectivity index (χ4v) is 3.66. The second-order valence-corrected chi connectivity index (χ2v) is 7.97. The number of nitrogens with zero attached hydrogens (tertiary/aromatic N) is 6. The Balaban J connectivity index is 1.41. The number of ether oxygens (including phenoxy) is 2. The van der Waals surface area contributed by atoms with Gasteiger partial charge in [-0.15, -0.1) is 0 Å². The summed E-state index contributed by atoms with van der Waals surface area (Å²) in [5, 5.41) is 3.91. The molecule has 29 heavy (non-hydrogen) atoms. The van der Waals surface area contributed by atoms with E-state index in [1.807, 2.05) is 25.1 Å². The zero-order valence-electron chi connectivity index (χ0n) is 16.4. The van der Waals surface area contributed by atoms with Gasteiger partial charge in [0.15, 0.2) is 10.9 Å². The largest absolute Gasteiger partial charge is 0.460 e. The van der Waals surface area contributed by atoms with Gasteiger partial charge in [0.25, 0.3) is 0 Å². The van der Waals surface area contributed by atoms with Gasteiger partial charge in [-0.25, -0.2) is 15.0 Å². The van der Waals surface area contributed by atoms with E-state index >= 15 is 0 Å². The average Bonchev–Trinajstić information content (AvgIpc) is 3.19. The van der Waals surface area contributed by atoms with E-state index in [9.17, 15) is 0 Å². The molecule has 4 rings (SSSR count). The van der Waals surface area contributed by atoms with Crippen LogP contribution in [0.5, 0.6) is 6.01 Å². The molecular formula is C19H23N7O2S. The lowest BCUT2D eigenvalue weighted by Gasteiger charge is -2.22. The number of aromatic nitrogens is 5. The van der Waals surface area contributed by atoms with Crippen LogP contribution in [0.15, 0.2) is 30.9 Å². The zero-order chi connectivity index (χ0) is 20.1. The quantitative estimate of drug-likeness (QED) is 0.627. The summed E-state index contributed by atoms with van der Waals surface area (Å²) < 4.78 is 11.3. The van der Waals surface area contributed by atoms with Crippen molar-refractivity contribution in [2.75, 3.05) is 32.6 Å². The monoisotopic (exact) mass is 413 g/mol. The van der Waals surface area contributed by atoms with Crippen LogP contribution >= 0.6 is 11.3 Å². The third-order valence-electron chi connectivity index (χ3n) is 4.25. The first kappa shape index (κ1) is 19.6. The summed E-state index contributed by atoms with van der Waals surface area (Å²) in [5.41, 5.74) is 1.69. The van der Waals surface area contributed by atoms with Gasteiger partial charge in [-0.05, 0) is 20.2 Å². The van der Waals surface area contributed by atoms with Gasteiger partial charge in [-0.2, -0.15) is 4.98 Å². The van der Waals surface area contributed by atoms with Gasteiger partial charge in [-0.3, -0.25) is 4.98 Å². The third-order valence-corrected chi connectivity index (χ3v) is 5.19. The van der Waals surface area contributed by atoms with Crippen LogP contribution in [0.4, 0.5) is 10.9 Å². The SMILES string of the molecule is CN(C)Cc1cnc(Nc2ncc(-c3ccnc(OC4CCOCC4)n3)s2)cn1. The van der Waals surface area contributed by atoms with E-state index in [4.69, 9.17) is 9.47 Å². The molecule has 4 heterocycles. The molecule has 0 bridgehead atoms. The van der Waals surface area contributed by atoms with E-state index in [1.54, 1.807) is 24.8 Å². The molecule has 0 spiro atoms. The first-order valence-corrected chi connectivity index (χ1v) is 10.2. The Morgan fingerprint density at radius 1 is 1.14 bits per heavy atom. The van der Waals surface area contributed by atoms with E-state index in [-0.39, 0.29) is 6.10 Å². The van der Waals surface area contributed by atoms with Gasteiger partial charge in [0, 0.05) is 31.8 Å². The molecule has 0 amide bonds. The highest BCUT2D eigenvalue weighted by Crippen LogP contribution is 2.29. The number of thiazole rings is 1. The van der Waals surface area contributed by atoms with Crippen molar-refractivity contribution >= 4 is 22.3 Å². The van der Waals surface area contributed by atoms with Crippen molar-refractivity contribution in [1.29, 1.82) is 0 Å². The first-order valence-electron chi connectivity index (χ1n) is 9.42. The molecule has 0 saturated carbocycles. The molecule has 3 aromatic rings. The molecule has 0 aliphatic carbocycles. The van der Waals surface area contributed by atoms with Crippen molar-refractivity contribution in [2.45, 2.75) is 25.5 Å². The highest BCUT2D eigenvalue weighted by Gasteiger charge is 2.17. The van der Waals surface area contributed by atoms with Gasteiger partial charge < -0.3 is 19.7 Å². The lowest BCUT2D eigenvalue weighted by molar-refractivity contribution is 0.0217. The minimum absolute atomic E-state index is 0.103. The van der Waals surface area contributed by atoms with Crippen LogP contribution < -0.4 is 10.1 Å². The smallest absolute Gasteiger partial charge is 0.317 e. The molecule has 0 atom stereocenters. The van der Waals surface area contributed by atoms with Crippen LogP contribution in [0, 0.1) is 0 Å². The second kappa shape index (κ2) is 9.21. The van der Waals surface area contributed by atoms with Gasteiger partial charge in [0.05, 0.1) is 41.9 Å². The molecule has 0 unspecified atom stereocenters. The van der Waals surface area contributed by atoms with Crippen molar-refractivity contribution in [3.63, 3.8) is 0 Å². The number of anilines is 2. The maximum Gasteiger partial charge on any atom is 0.317 e. The lowest BCUT2D eigenvalue weighted by atomic mass is 10.2. The number of rotatable bonds is 7. The number of nitrogens with one attached hydrogen (secondary N) is 1. The van der Waals surface area contributed by atoms with E-state index in [2.05, 4.69) is 30.2 Å². The van der Waals surface area contributed by atoms with Crippen molar-refractivity contribution in [3.05, 3.63) is 36.5 Å². The molecule has 1 saturated heterocycles. The minimum Gasteiger partial charge on any atom is -0.460 e. The van der Waals surface area contributed by atoms with Crippen molar-refractivity contribution in [1.82, 2.24) is 29.8 Å². The third kappa shape index (κ3) is 5.43. The summed E-state index contributed by atoms with van der Waals surface area (Å²) in [4.78, 5) is 25.0. The van der Waals surface area contributed by atoms with Gasteiger partial charge in [-0.1, -0.05) is 11.3 Å². The highest BCUT2D eigenvalue weighted by atomic mass is 32.1. The zero-order valence-corrected chi connectivity index (χ0v) is 17.2. The van der Waals surface area contributed by atoms with Crippen LogP contribution in [0.2, 0.25) is 0 Å². The van der Waals surface area contributed by atoms with Crippen molar-refractivity contribution < 1.29 is 9.47 Å². The van der Waals surface area contributed by atoms with E-state index in [1.165, 1.54) is 11.3 Å². The molecule has 1 aliphatic rings. The molecule has 0 aromatic carbocycles. The molecule has 3 aromatic heterocycles. The van der Waals surface area contributed by atoms with Crippen LogP contribution in [-0.4, -0.2) is 63.2 Å². The second-order valence-electron chi connectivity index (χ2n) is 6.94. The van der Waals surface area contributed by atoms with Crippen LogP contribution in [0.1, 0.15) is 18.5 Å². The minimum atomic E-state index is 0.103. The van der Waals surface area contributed by atoms with E-state index in [0.29, 0.717) is 25.0 Å². The maximum absolute atomic E-state index is 5.90. The molecule has 152 valence electrons. The highest BCUT2D eigenvalue weighted by molar-refractivity contribution is 7.18. The molecule has 0 radical (unpaired) electrons. The average molecular weight is 414 g/mol. The van der Waals surface area contributed by atoms with Crippen molar-refractivity contribution in [2.24, 2.45) is 0 Å². The summed E-state index contributed by atoms with van der Waals surface area (Å²) in [7, 11) is 4.00. The van der Waals surface area contributed by atoms with Gasteiger partial charge >= 0.3 is 6.01 Å². The van der Waals surface area contributed by atoms with Crippen LogP contribution in [0.25, 0.3) is 10.6 Å². The predicted octanol–water partition coefficient (Wildman–Crippen LogP) is 2.75. The normalized spacial score (nSPS) is 14.9. The van der Waals surface area contributed by atoms with E-state index < -0.39 is 0 Å². The Kier molecular flexibility index (Phi) is 6.23. The molecule has 9 nitrogen and oxygen atoms in total. The van der Waals surface area contributed by atoms with Crippen LogP contribution in [0.3, 0.4) is 0 Å². The van der Waals surface area contributed by atoms with Crippen LogP contribution in [-0.2, 0) is 11.3 Å². The van der Waals surface area contributed by atoms with Gasteiger partial charge in [0.2, 0.25) is 0 Å². The Labute approximate surface area is 173 Å². The number of hydrogen-bond donors (Lipinski definition) is 1. The maximum atomic E-state index is 5.90. The Morgan fingerprint density at radius 3 is 2.76 bits per heavy atom. The molecule has 10 heteroatoms. The number of hydrogen-bond acceptors (Lipinski definition) is 10. The van der Waals surface area contributed by atoms with Gasteiger partial charge in [0.1, 0.15) is 6.10 Å². The molecule has 1 N–H and O–H groups in total. The summed E-state index contributed by atoms with van der Waals surface area (Å²) in [5.74, 6) is 0.652. The van der Waals surface area contributed by atoms with Crippen molar-refractivity contribution in [3.8, 4) is 16.6 Å². The predicted molar refractivity (Wildman–Crippen MR) is 110 cm³/mol.